The molecule has 0 bridgehead atoms. The lowest BCUT2D eigenvalue weighted by molar-refractivity contribution is 0.632. The maximum atomic E-state index is 13.4. The van der Waals surface area contributed by atoms with E-state index in [0.717, 1.165) is 0 Å². The maximum absolute atomic E-state index is 13.4. The SMILES string of the molecule is N#Cc1cccc(Nc2ccccc2F)c1N. The molecule has 2 aromatic rings. The number of nitrogen functional groups attached to an aromatic ring is 1. The van der Waals surface area contributed by atoms with Crippen molar-refractivity contribution >= 4 is 17.1 Å². The summed E-state index contributed by atoms with van der Waals surface area (Å²) in [5.41, 5.74) is 7.32. The number of anilines is 3. The Morgan fingerprint density at radius 1 is 1.06 bits per heavy atom. The molecule has 0 spiro atoms. The molecule has 0 amide bonds. The van der Waals surface area contributed by atoms with Crippen LogP contribution in [-0.2, 0) is 0 Å². The summed E-state index contributed by atoms with van der Waals surface area (Å²) in [7, 11) is 0. The summed E-state index contributed by atoms with van der Waals surface area (Å²) in [6, 6.07) is 13.3. The van der Waals surface area contributed by atoms with Crippen LogP contribution in [0, 0.1) is 17.1 Å². The predicted octanol–water partition coefficient (Wildman–Crippen LogP) is 3.02. The maximum Gasteiger partial charge on any atom is 0.146 e. The molecule has 0 unspecified atom stereocenters. The van der Waals surface area contributed by atoms with E-state index in [9.17, 15) is 4.39 Å². The van der Waals surface area contributed by atoms with Crippen molar-refractivity contribution in [1.29, 1.82) is 5.26 Å². The van der Waals surface area contributed by atoms with Gasteiger partial charge in [0.05, 0.1) is 22.6 Å². The summed E-state index contributed by atoms with van der Waals surface area (Å²) in [6.45, 7) is 0. The number of hydrogen-bond donors (Lipinski definition) is 2. The molecule has 0 aliphatic carbocycles. The minimum atomic E-state index is -0.366. The Labute approximate surface area is 98.3 Å². The molecular weight excluding hydrogens is 217 g/mol. The van der Waals surface area contributed by atoms with E-state index in [1.54, 1.807) is 36.4 Å². The Balaban J connectivity index is 2.38. The molecule has 17 heavy (non-hydrogen) atoms. The first-order valence-electron chi connectivity index (χ1n) is 5.02. The molecule has 0 heterocycles. The Hall–Kier alpha value is -2.54. The number of nitrogens with two attached hydrogens (primary N) is 1. The lowest BCUT2D eigenvalue weighted by atomic mass is 10.1. The van der Waals surface area contributed by atoms with Gasteiger partial charge in [0.2, 0.25) is 0 Å². The standard InChI is InChI=1S/C13H10FN3/c14-10-5-1-2-6-11(10)17-12-7-3-4-9(8-15)13(12)16/h1-7,17H,16H2. The van der Waals surface area contributed by atoms with Crippen molar-refractivity contribution in [1.82, 2.24) is 0 Å². The highest BCUT2D eigenvalue weighted by molar-refractivity contribution is 5.77. The third-order valence-corrected chi connectivity index (χ3v) is 2.37. The minimum Gasteiger partial charge on any atom is -0.396 e. The first-order chi connectivity index (χ1) is 8.22. The minimum absolute atomic E-state index is 0.318. The van der Waals surface area contributed by atoms with Crippen molar-refractivity contribution in [3.05, 3.63) is 53.8 Å². The summed E-state index contributed by atoms with van der Waals surface area (Å²) in [5, 5.41) is 11.7. The van der Waals surface area contributed by atoms with Crippen molar-refractivity contribution < 1.29 is 4.39 Å². The van der Waals surface area contributed by atoms with Gasteiger partial charge in [0.25, 0.3) is 0 Å². The molecule has 0 fully saturated rings. The highest BCUT2D eigenvalue weighted by Gasteiger charge is 2.06. The van der Waals surface area contributed by atoms with Crippen LogP contribution in [0.15, 0.2) is 42.5 Å². The second-order valence-corrected chi connectivity index (χ2v) is 3.48. The molecule has 84 valence electrons. The number of nitriles is 1. The number of rotatable bonds is 2. The van der Waals surface area contributed by atoms with E-state index in [1.807, 2.05) is 6.07 Å². The molecule has 0 saturated carbocycles. The normalized spacial score (nSPS) is 9.65. The van der Waals surface area contributed by atoms with Crippen molar-refractivity contribution in [2.24, 2.45) is 0 Å². The lowest BCUT2D eigenvalue weighted by Crippen LogP contribution is -1.99. The highest BCUT2D eigenvalue weighted by Crippen LogP contribution is 2.26. The highest BCUT2D eigenvalue weighted by atomic mass is 19.1. The molecule has 2 rings (SSSR count). The van der Waals surface area contributed by atoms with Gasteiger partial charge in [-0.3, -0.25) is 0 Å². The first-order valence-corrected chi connectivity index (χ1v) is 5.02. The van der Waals surface area contributed by atoms with E-state index in [4.69, 9.17) is 11.0 Å². The molecule has 3 N–H and O–H groups in total. The number of hydrogen-bond acceptors (Lipinski definition) is 3. The van der Waals surface area contributed by atoms with Crippen LogP contribution in [0.3, 0.4) is 0 Å². The van der Waals surface area contributed by atoms with Crippen molar-refractivity contribution in [2.45, 2.75) is 0 Å². The van der Waals surface area contributed by atoms with Crippen LogP contribution < -0.4 is 11.1 Å². The molecule has 0 aliphatic rings. The van der Waals surface area contributed by atoms with Gasteiger partial charge in [0, 0.05) is 0 Å². The Kier molecular flexibility index (Phi) is 2.93. The van der Waals surface area contributed by atoms with Crippen molar-refractivity contribution in [3.63, 3.8) is 0 Å². The average molecular weight is 227 g/mol. The topological polar surface area (TPSA) is 61.8 Å². The van der Waals surface area contributed by atoms with Gasteiger partial charge in [-0.25, -0.2) is 4.39 Å². The van der Waals surface area contributed by atoms with Gasteiger partial charge in [0.15, 0.2) is 0 Å². The molecule has 0 saturated heterocycles. The average Bonchev–Trinajstić information content (AvgIpc) is 2.34. The zero-order chi connectivity index (χ0) is 12.3. The summed E-state index contributed by atoms with van der Waals surface area (Å²) in [6.07, 6.45) is 0. The number of halogens is 1. The quantitative estimate of drug-likeness (QED) is 0.775. The monoisotopic (exact) mass is 227 g/mol. The number of nitrogens with one attached hydrogen (secondary N) is 1. The van der Waals surface area contributed by atoms with Crippen LogP contribution in [0.1, 0.15) is 5.56 Å². The van der Waals surface area contributed by atoms with Gasteiger partial charge in [-0.2, -0.15) is 5.26 Å². The van der Waals surface area contributed by atoms with Gasteiger partial charge >= 0.3 is 0 Å². The van der Waals surface area contributed by atoms with Gasteiger partial charge in [-0.15, -0.1) is 0 Å². The fourth-order valence-corrected chi connectivity index (χ4v) is 1.48. The number of para-hydroxylation sites is 2. The largest absolute Gasteiger partial charge is 0.396 e. The van der Waals surface area contributed by atoms with E-state index in [2.05, 4.69) is 5.32 Å². The van der Waals surface area contributed by atoms with Crippen molar-refractivity contribution in [2.75, 3.05) is 11.1 Å². The van der Waals surface area contributed by atoms with E-state index in [1.165, 1.54) is 6.07 Å². The molecular formula is C13H10FN3. The fourth-order valence-electron chi connectivity index (χ4n) is 1.48. The van der Waals surface area contributed by atoms with E-state index >= 15 is 0 Å². The summed E-state index contributed by atoms with van der Waals surface area (Å²) in [5.74, 6) is -0.366. The molecule has 0 atom stereocenters. The number of benzene rings is 2. The van der Waals surface area contributed by atoms with Crippen LogP contribution in [0.25, 0.3) is 0 Å². The second-order valence-electron chi connectivity index (χ2n) is 3.48. The third kappa shape index (κ3) is 2.18. The van der Waals surface area contributed by atoms with Gasteiger partial charge < -0.3 is 11.1 Å². The fraction of sp³-hybridized carbons (Fsp3) is 0. The smallest absolute Gasteiger partial charge is 0.146 e. The van der Waals surface area contributed by atoms with Gasteiger partial charge in [-0.1, -0.05) is 18.2 Å². The third-order valence-electron chi connectivity index (χ3n) is 2.37. The van der Waals surface area contributed by atoms with Gasteiger partial charge in [-0.05, 0) is 24.3 Å². The first kappa shape index (κ1) is 11.0. The zero-order valence-corrected chi connectivity index (χ0v) is 8.94. The number of nitrogens with zero attached hydrogens (tertiary/aromatic N) is 1. The molecule has 0 aliphatic heterocycles. The summed E-state index contributed by atoms with van der Waals surface area (Å²) in [4.78, 5) is 0. The second kappa shape index (κ2) is 4.54. The van der Waals surface area contributed by atoms with Crippen LogP contribution in [0.2, 0.25) is 0 Å². The van der Waals surface area contributed by atoms with Crippen LogP contribution in [0.5, 0.6) is 0 Å². The molecule has 4 heteroatoms. The Morgan fingerprint density at radius 2 is 1.76 bits per heavy atom. The molecule has 0 radical (unpaired) electrons. The summed E-state index contributed by atoms with van der Waals surface area (Å²) >= 11 is 0. The van der Waals surface area contributed by atoms with Crippen LogP contribution in [-0.4, -0.2) is 0 Å². The Morgan fingerprint density at radius 3 is 2.47 bits per heavy atom. The van der Waals surface area contributed by atoms with E-state index in [0.29, 0.717) is 22.6 Å². The van der Waals surface area contributed by atoms with Crippen LogP contribution >= 0.6 is 0 Å². The summed E-state index contributed by atoms with van der Waals surface area (Å²) < 4.78 is 13.4. The molecule has 0 aromatic heterocycles. The lowest BCUT2D eigenvalue weighted by Gasteiger charge is -2.10. The van der Waals surface area contributed by atoms with Crippen molar-refractivity contribution in [3.8, 4) is 6.07 Å². The van der Waals surface area contributed by atoms with Gasteiger partial charge in [0.1, 0.15) is 11.9 Å². The molecule has 2 aromatic carbocycles. The van der Waals surface area contributed by atoms with E-state index in [-0.39, 0.29) is 5.82 Å². The zero-order valence-electron chi connectivity index (χ0n) is 8.94. The van der Waals surface area contributed by atoms with Crippen LogP contribution in [0.4, 0.5) is 21.5 Å². The predicted molar refractivity (Wildman–Crippen MR) is 65.3 cm³/mol. The molecule has 3 nitrogen and oxygen atoms in total. The Bertz CT molecular complexity index is 587. The van der Waals surface area contributed by atoms with E-state index < -0.39 is 0 Å².